The minimum atomic E-state index is -0.461. The van der Waals surface area contributed by atoms with E-state index in [1.165, 1.54) is 23.0 Å². The first kappa shape index (κ1) is 20.3. The van der Waals surface area contributed by atoms with Gasteiger partial charge in [0, 0.05) is 16.0 Å². The molecule has 0 fully saturated rings. The summed E-state index contributed by atoms with van der Waals surface area (Å²) in [4.78, 5) is 34.8. The van der Waals surface area contributed by atoms with E-state index in [4.69, 9.17) is 4.74 Å². The monoisotopic (exact) mass is 415 g/mol. The van der Waals surface area contributed by atoms with E-state index in [9.17, 15) is 9.59 Å². The number of anilines is 1. The highest BCUT2D eigenvalue weighted by Crippen LogP contribution is 2.34. The number of fused-ring (bicyclic) bond motifs is 1. The van der Waals surface area contributed by atoms with Gasteiger partial charge < -0.3 is 10.1 Å². The number of hydrogen-bond acceptors (Lipinski definition) is 7. The molecule has 0 saturated heterocycles. The maximum Gasteiger partial charge on any atom is 0.316 e. The van der Waals surface area contributed by atoms with Gasteiger partial charge in [-0.15, -0.1) is 11.3 Å². The Kier molecular flexibility index (Phi) is 6.31. The summed E-state index contributed by atoms with van der Waals surface area (Å²) in [6.07, 6.45) is 1.50. The second-order valence-corrected chi connectivity index (χ2v) is 8.63. The van der Waals surface area contributed by atoms with Gasteiger partial charge in [-0.3, -0.25) is 9.59 Å². The van der Waals surface area contributed by atoms with Crippen molar-refractivity contribution in [2.24, 2.45) is 0 Å². The van der Waals surface area contributed by atoms with E-state index in [1.54, 1.807) is 11.3 Å². The smallest absolute Gasteiger partial charge is 0.316 e. The molecule has 1 N–H and O–H groups in total. The number of amides is 1. The molecule has 0 aliphatic rings. The maximum atomic E-state index is 12.1. The van der Waals surface area contributed by atoms with Crippen LogP contribution in [0.1, 0.15) is 21.6 Å². The van der Waals surface area contributed by atoms with Gasteiger partial charge in [-0.2, -0.15) is 0 Å². The van der Waals surface area contributed by atoms with Crippen LogP contribution in [0.4, 0.5) is 5.69 Å². The van der Waals surface area contributed by atoms with Gasteiger partial charge in [-0.1, -0.05) is 23.9 Å². The number of thiophene rings is 1. The number of esters is 1. The molecule has 0 aliphatic carbocycles. The van der Waals surface area contributed by atoms with Crippen molar-refractivity contribution in [3.05, 3.63) is 46.1 Å². The molecule has 0 saturated carbocycles. The summed E-state index contributed by atoms with van der Waals surface area (Å²) in [6, 6.07) is 5.80. The summed E-state index contributed by atoms with van der Waals surface area (Å²) in [7, 11) is 0. The zero-order valence-electron chi connectivity index (χ0n) is 16.2. The normalized spacial score (nSPS) is 10.9. The minimum Gasteiger partial charge on any atom is -0.455 e. The Morgan fingerprint density at radius 2 is 1.96 bits per heavy atom. The number of hydrogen-bond donors (Lipinski definition) is 1. The van der Waals surface area contributed by atoms with Crippen molar-refractivity contribution >= 4 is 50.9 Å². The molecule has 0 unspecified atom stereocenters. The minimum absolute atomic E-state index is 0.0806. The summed E-state index contributed by atoms with van der Waals surface area (Å²) >= 11 is 2.91. The van der Waals surface area contributed by atoms with Crippen LogP contribution >= 0.6 is 23.1 Å². The fraction of sp³-hybridized carbons (Fsp3) is 0.300. The molecule has 0 aliphatic heterocycles. The van der Waals surface area contributed by atoms with E-state index in [0.29, 0.717) is 0 Å². The van der Waals surface area contributed by atoms with Crippen LogP contribution in [0.15, 0.2) is 29.6 Å². The molecule has 28 heavy (non-hydrogen) atoms. The van der Waals surface area contributed by atoms with Crippen LogP contribution < -0.4 is 5.32 Å². The Hall–Kier alpha value is -2.45. The number of ether oxygens (including phenoxy) is 1. The number of aryl methyl sites for hydroxylation is 4. The van der Waals surface area contributed by atoms with Gasteiger partial charge in [0.25, 0.3) is 5.91 Å². The number of aromatic nitrogens is 2. The van der Waals surface area contributed by atoms with Gasteiger partial charge >= 0.3 is 5.97 Å². The molecule has 0 bridgehead atoms. The first-order valence-electron chi connectivity index (χ1n) is 8.71. The average Bonchev–Trinajstić information content (AvgIpc) is 2.96. The molecule has 6 nitrogen and oxygen atoms in total. The number of carbonyl (C=O) groups excluding carboxylic acids is 2. The quantitative estimate of drug-likeness (QED) is 0.369. The lowest BCUT2D eigenvalue weighted by molar-refractivity contribution is -0.144. The highest BCUT2D eigenvalue weighted by molar-refractivity contribution is 8.00. The molecule has 3 rings (SSSR count). The SMILES string of the molecule is Cc1ccc(C)c(NC(=O)COC(=O)CSc2ncnc3sc(C)c(C)c23)c1. The fourth-order valence-corrected chi connectivity index (χ4v) is 4.55. The van der Waals surface area contributed by atoms with Crippen molar-refractivity contribution in [3.63, 3.8) is 0 Å². The summed E-state index contributed by atoms with van der Waals surface area (Å²) in [5.74, 6) is -0.740. The zero-order valence-corrected chi connectivity index (χ0v) is 17.8. The van der Waals surface area contributed by atoms with E-state index in [0.717, 1.165) is 37.6 Å². The summed E-state index contributed by atoms with van der Waals surface area (Å²) < 4.78 is 5.10. The number of nitrogens with zero attached hydrogens (tertiary/aromatic N) is 2. The molecule has 146 valence electrons. The predicted octanol–water partition coefficient (Wildman–Crippen LogP) is 4.20. The van der Waals surface area contributed by atoms with E-state index in [1.807, 2.05) is 45.9 Å². The van der Waals surface area contributed by atoms with Crippen molar-refractivity contribution in [1.29, 1.82) is 0 Å². The van der Waals surface area contributed by atoms with E-state index < -0.39 is 5.97 Å². The topological polar surface area (TPSA) is 81.2 Å². The Labute approximate surface area is 171 Å². The highest BCUT2D eigenvalue weighted by Gasteiger charge is 2.15. The molecular weight excluding hydrogens is 394 g/mol. The van der Waals surface area contributed by atoms with Crippen molar-refractivity contribution in [2.75, 3.05) is 17.7 Å². The van der Waals surface area contributed by atoms with Crippen LogP contribution in [0.5, 0.6) is 0 Å². The zero-order chi connectivity index (χ0) is 20.3. The summed E-state index contributed by atoms with van der Waals surface area (Å²) in [6.45, 7) is 7.61. The average molecular weight is 416 g/mol. The van der Waals surface area contributed by atoms with Gasteiger partial charge in [-0.25, -0.2) is 9.97 Å². The standard InChI is InChI=1S/C20H21N3O3S2/c1-11-5-6-12(2)15(7-11)23-16(24)8-26-17(25)9-27-19-18-13(3)14(4)28-20(18)22-10-21-19/h5-7,10H,8-9H2,1-4H3,(H,23,24). The van der Waals surface area contributed by atoms with Crippen molar-refractivity contribution in [3.8, 4) is 0 Å². The second kappa shape index (κ2) is 8.70. The lowest BCUT2D eigenvalue weighted by atomic mass is 10.1. The van der Waals surface area contributed by atoms with Crippen molar-refractivity contribution in [1.82, 2.24) is 9.97 Å². The third kappa shape index (κ3) is 4.69. The van der Waals surface area contributed by atoms with E-state index >= 15 is 0 Å². The molecule has 1 aromatic carbocycles. The van der Waals surface area contributed by atoms with Gasteiger partial charge in [-0.05, 0) is 50.5 Å². The lowest BCUT2D eigenvalue weighted by Gasteiger charge is -2.10. The molecule has 3 aromatic rings. The molecule has 8 heteroatoms. The number of carbonyl (C=O) groups is 2. The van der Waals surface area contributed by atoms with Crippen molar-refractivity contribution in [2.45, 2.75) is 32.7 Å². The Morgan fingerprint density at radius 3 is 2.75 bits per heavy atom. The largest absolute Gasteiger partial charge is 0.455 e. The van der Waals surface area contributed by atoms with Gasteiger partial charge in [0.15, 0.2) is 6.61 Å². The summed E-state index contributed by atoms with van der Waals surface area (Å²) in [5.41, 5.74) is 3.85. The Morgan fingerprint density at radius 1 is 1.18 bits per heavy atom. The molecule has 1 amide bonds. The first-order chi connectivity index (χ1) is 13.3. The van der Waals surface area contributed by atoms with Crippen LogP contribution in [0.3, 0.4) is 0 Å². The van der Waals surface area contributed by atoms with Crippen molar-refractivity contribution < 1.29 is 14.3 Å². The highest BCUT2D eigenvalue weighted by atomic mass is 32.2. The number of benzene rings is 1. The van der Waals surface area contributed by atoms with Gasteiger partial charge in [0.05, 0.1) is 5.75 Å². The predicted molar refractivity (Wildman–Crippen MR) is 113 cm³/mol. The maximum absolute atomic E-state index is 12.1. The van der Waals surface area contributed by atoms with Crippen LogP contribution in [0.2, 0.25) is 0 Å². The molecule has 2 aromatic heterocycles. The Bertz CT molecular complexity index is 1050. The Balaban J connectivity index is 1.54. The second-order valence-electron chi connectivity index (χ2n) is 6.46. The molecule has 0 spiro atoms. The van der Waals surface area contributed by atoms with Gasteiger partial charge in [0.1, 0.15) is 16.2 Å². The van der Waals surface area contributed by atoms with Gasteiger partial charge in [0.2, 0.25) is 0 Å². The van der Waals surface area contributed by atoms with Crippen LogP contribution in [0.25, 0.3) is 10.2 Å². The van der Waals surface area contributed by atoms with Crippen LogP contribution in [-0.4, -0.2) is 34.2 Å². The third-order valence-corrected chi connectivity index (χ3v) is 6.37. The number of nitrogens with one attached hydrogen (secondary N) is 1. The fourth-order valence-electron chi connectivity index (χ4n) is 2.63. The van der Waals surface area contributed by atoms with Crippen LogP contribution in [-0.2, 0) is 14.3 Å². The molecule has 2 heterocycles. The molecular formula is C20H21N3O3S2. The van der Waals surface area contributed by atoms with E-state index in [2.05, 4.69) is 15.3 Å². The number of rotatable bonds is 6. The van der Waals surface area contributed by atoms with Crippen LogP contribution in [0, 0.1) is 27.7 Å². The van der Waals surface area contributed by atoms with E-state index in [-0.39, 0.29) is 18.3 Å². The first-order valence-corrected chi connectivity index (χ1v) is 10.5. The number of thioether (sulfide) groups is 1. The molecule has 0 atom stereocenters. The lowest BCUT2D eigenvalue weighted by Crippen LogP contribution is -2.22. The third-order valence-electron chi connectivity index (χ3n) is 4.29. The summed E-state index contributed by atoms with van der Waals surface area (Å²) in [5, 5.41) is 4.51. The molecule has 0 radical (unpaired) electrons.